The topological polar surface area (TPSA) is 394 Å². The molecule has 14 N–H and O–H groups in total. The predicted octanol–water partition coefficient (Wildman–Crippen LogP) is -9.96. The van der Waals surface area contributed by atoms with E-state index >= 15 is 0 Å². The molecular formula is C33H58O26. The summed E-state index contributed by atoms with van der Waals surface area (Å²) in [6, 6.07) is 0. The lowest BCUT2D eigenvalue weighted by molar-refractivity contribution is -0.387. The number of hydrogen-bond donors (Lipinski definition) is 14. The van der Waals surface area contributed by atoms with Gasteiger partial charge in [0.25, 0.3) is 0 Å². The molecule has 5 fully saturated rings. The third kappa shape index (κ3) is 10.2. The molecule has 26 nitrogen and oxygen atoms in total. The maximum atomic E-state index is 11.4. The Kier molecular flexibility index (Phi) is 17.9. The Bertz CT molecular complexity index is 1250. The molecule has 0 aliphatic carbocycles. The van der Waals surface area contributed by atoms with Crippen molar-refractivity contribution in [2.75, 3.05) is 54.4 Å². The van der Waals surface area contributed by atoms with Crippen molar-refractivity contribution in [1.82, 2.24) is 0 Å². The number of aliphatic hydroxyl groups excluding tert-OH is 14. The first-order chi connectivity index (χ1) is 28.1. The average molecular weight is 871 g/mol. The van der Waals surface area contributed by atoms with Gasteiger partial charge in [-0.2, -0.15) is 0 Å². The Morgan fingerprint density at radius 1 is 0.322 bits per heavy atom. The summed E-state index contributed by atoms with van der Waals surface area (Å²) in [4.78, 5) is 0. The summed E-state index contributed by atoms with van der Waals surface area (Å²) in [5.74, 6) is 0. The number of hydrogen-bond acceptors (Lipinski definition) is 26. The summed E-state index contributed by atoms with van der Waals surface area (Å²) in [7, 11) is 3.57. The van der Waals surface area contributed by atoms with Gasteiger partial charge in [-0.3, -0.25) is 0 Å². The Labute approximate surface area is 336 Å². The largest absolute Gasteiger partial charge is 0.394 e. The first kappa shape index (κ1) is 49.0. The minimum absolute atomic E-state index is 0.672. The van der Waals surface area contributed by atoms with Crippen molar-refractivity contribution in [3.05, 3.63) is 0 Å². The lowest BCUT2D eigenvalue weighted by Gasteiger charge is -2.49. The molecule has 5 aliphatic rings. The molecule has 5 saturated heterocycles. The number of ether oxygens (including phenoxy) is 12. The van der Waals surface area contributed by atoms with Crippen LogP contribution in [0, 0.1) is 0 Å². The van der Waals surface area contributed by atoms with Gasteiger partial charge in [0.15, 0.2) is 31.5 Å². The molecule has 0 aromatic rings. The second kappa shape index (κ2) is 21.6. The maximum Gasteiger partial charge on any atom is 0.187 e. The highest BCUT2D eigenvalue weighted by Crippen LogP contribution is 2.35. The van der Waals surface area contributed by atoms with E-state index in [1.54, 1.807) is 0 Å². The van der Waals surface area contributed by atoms with Crippen LogP contribution in [-0.2, 0) is 56.8 Å². The van der Waals surface area contributed by atoms with Crippen LogP contribution in [0.4, 0.5) is 0 Å². The van der Waals surface area contributed by atoms with Crippen molar-refractivity contribution >= 4 is 0 Å². The number of methoxy groups -OCH3 is 3. The number of aliphatic hydroxyl groups is 14. The first-order valence-corrected chi connectivity index (χ1v) is 18.8. The van der Waals surface area contributed by atoms with E-state index in [9.17, 15) is 71.5 Å². The Balaban J connectivity index is 1.35. The van der Waals surface area contributed by atoms with Gasteiger partial charge in [0.2, 0.25) is 0 Å². The smallest absolute Gasteiger partial charge is 0.187 e. The quantitative estimate of drug-likeness (QED) is 0.0685. The zero-order valence-corrected chi connectivity index (χ0v) is 32.1. The van der Waals surface area contributed by atoms with Crippen molar-refractivity contribution in [2.45, 2.75) is 154 Å². The lowest BCUT2D eigenvalue weighted by Crippen LogP contribution is -2.67. The Morgan fingerprint density at radius 3 is 0.949 bits per heavy atom. The highest BCUT2D eigenvalue weighted by molar-refractivity contribution is 4.98. The number of rotatable bonds is 16. The molecule has 5 aliphatic heterocycles. The molecule has 0 saturated carbocycles. The highest BCUT2D eigenvalue weighted by atomic mass is 16.8. The van der Waals surface area contributed by atoms with Gasteiger partial charge in [-0.05, 0) is 0 Å². The van der Waals surface area contributed by atoms with Gasteiger partial charge in [-0.15, -0.1) is 0 Å². The summed E-state index contributed by atoms with van der Waals surface area (Å²) in [5, 5.41) is 149. The van der Waals surface area contributed by atoms with Crippen molar-refractivity contribution in [3.8, 4) is 0 Å². The van der Waals surface area contributed by atoms with Gasteiger partial charge in [-0.25, -0.2) is 0 Å². The van der Waals surface area contributed by atoms with Gasteiger partial charge in [0.05, 0.1) is 33.0 Å². The van der Waals surface area contributed by atoms with E-state index in [-0.39, 0.29) is 0 Å². The van der Waals surface area contributed by atoms with Gasteiger partial charge in [-0.1, -0.05) is 0 Å². The highest BCUT2D eigenvalue weighted by Gasteiger charge is 2.56. The molecule has 0 aromatic carbocycles. The summed E-state index contributed by atoms with van der Waals surface area (Å²) >= 11 is 0. The van der Waals surface area contributed by atoms with Crippen molar-refractivity contribution in [1.29, 1.82) is 0 Å². The van der Waals surface area contributed by atoms with E-state index in [0.29, 0.717) is 0 Å². The summed E-state index contributed by atoms with van der Waals surface area (Å²) in [6.07, 6.45) is -41.8. The fraction of sp³-hybridized carbons (Fsp3) is 1.00. The first-order valence-electron chi connectivity index (χ1n) is 18.8. The Hall–Kier alpha value is -1.04. The molecular weight excluding hydrogens is 812 g/mol. The van der Waals surface area contributed by atoms with Crippen molar-refractivity contribution < 1.29 is 128 Å². The molecule has 0 amide bonds. The van der Waals surface area contributed by atoms with Gasteiger partial charge >= 0.3 is 0 Å². The van der Waals surface area contributed by atoms with Crippen LogP contribution in [0.1, 0.15) is 0 Å². The molecule has 59 heavy (non-hydrogen) atoms. The zero-order chi connectivity index (χ0) is 43.5. The predicted molar refractivity (Wildman–Crippen MR) is 181 cm³/mol. The summed E-state index contributed by atoms with van der Waals surface area (Å²) < 4.78 is 66.3. The molecule has 346 valence electrons. The molecule has 0 aromatic heterocycles. The van der Waals surface area contributed by atoms with E-state index in [0.717, 1.165) is 0 Å². The second-order valence-electron chi connectivity index (χ2n) is 14.6. The van der Waals surface area contributed by atoms with E-state index in [2.05, 4.69) is 0 Å². The van der Waals surface area contributed by atoms with Gasteiger partial charge in [0, 0.05) is 21.3 Å². The van der Waals surface area contributed by atoms with Crippen LogP contribution in [0.2, 0.25) is 0 Å². The van der Waals surface area contributed by atoms with Crippen molar-refractivity contribution in [2.24, 2.45) is 0 Å². The molecule has 26 heteroatoms. The molecule has 5 rings (SSSR count). The standard InChI is InChI=1S/C33H58O26/c1-48-24-9(4-34)54-31(21(45)14(24)38)57-27-12(7-37)53-30(20(44)17(27)41)51-8-13-28(59-32-22(46)15(39)25(49-2)10(5-35)55-32)18(42)23(47)33(56-13)58-26-11(6-36)52-29(50-3)19(43)16(26)40/h9-47H,4-8H2,1-3H3/t9?,10?,11?,12?,13?,14?,15?,16?,17?,18?,19?,20?,21?,22?,23?,24-,25-,26+,27+,28+,29+,30+,31+,32+,33+/m1/s1. The molecule has 25 atom stereocenters. The lowest BCUT2D eigenvalue weighted by atomic mass is 9.95. The molecule has 5 heterocycles. The van der Waals surface area contributed by atoms with Crippen LogP contribution in [0.5, 0.6) is 0 Å². The van der Waals surface area contributed by atoms with Gasteiger partial charge in [0.1, 0.15) is 122 Å². The van der Waals surface area contributed by atoms with Crippen LogP contribution < -0.4 is 0 Å². The maximum absolute atomic E-state index is 11.4. The van der Waals surface area contributed by atoms with Crippen LogP contribution >= 0.6 is 0 Å². The minimum Gasteiger partial charge on any atom is -0.394 e. The van der Waals surface area contributed by atoms with E-state index in [4.69, 9.17) is 56.8 Å². The third-order valence-electron chi connectivity index (χ3n) is 11.0. The monoisotopic (exact) mass is 870 g/mol. The molecule has 0 radical (unpaired) electrons. The Morgan fingerprint density at radius 2 is 0.593 bits per heavy atom. The minimum atomic E-state index is -2.07. The van der Waals surface area contributed by atoms with E-state index in [1.807, 2.05) is 0 Å². The van der Waals surface area contributed by atoms with Gasteiger partial charge < -0.3 is 128 Å². The normalized spacial score (nSPS) is 51.1. The van der Waals surface area contributed by atoms with Crippen LogP contribution in [0.15, 0.2) is 0 Å². The summed E-state index contributed by atoms with van der Waals surface area (Å²) in [6.45, 7) is -3.88. The molecule has 0 spiro atoms. The average Bonchev–Trinajstić information content (AvgIpc) is 3.23. The fourth-order valence-electron chi connectivity index (χ4n) is 7.66. The third-order valence-corrected chi connectivity index (χ3v) is 11.0. The van der Waals surface area contributed by atoms with Crippen LogP contribution in [-0.4, -0.2) is 279 Å². The van der Waals surface area contributed by atoms with Crippen LogP contribution in [0.25, 0.3) is 0 Å². The zero-order valence-electron chi connectivity index (χ0n) is 32.1. The van der Waals surface area contributed by atoms with E-state index in [1.165, 1.54) is 21.3 Å². The fourth-order valence-corrected chi connectivity index (χ4v) is 7.66. The molecule has 0 bridgehead atoms. The second-order valence-corrected chi connectivity index (χ2v) is 14.6. The van der Waals surface area contributed by atoms with Crippen molar-refractivity contribution in [3.63, 3.8) is 0 Å². The van der Waals surface area contributed by atoms with Crippen LogP contribution in [0.3, 0.4) is 0 Å². The summed E-state index contributed by atoms with van der Waals surface area (Å²) in [5.41, 5.74) is 0. The molecule has 15 unspecified atom stereocenters. The SMILES string of the molecule is CO[C@H]1OC(CO)[C@H](O[C@@H]2OC(CO[C@H]3OC(CO)[C@H](O[C@@H]4OC(CO)[C@@H](OC)C(O)C4O)C(O)C3O)[C@H](O[C@@H]3OC(CO)[C@@H](OC)C(O)C3O)C(O)C2O)C(O)C1O. The van der Waals surface area contributed by atoms with E-state index < -0.39 is 187 Å².